The first-order chi connectivity index (χ1) is 10.4. The van der Waals surface area contributed by atoms with E-state index in [1.807, 2.05) is 39.0 Å². The number of aliphatic hydroxyl groups excluding tert-OH is 1. The van der Waals surface area contributed by atoms with Crippen molar-refractivity contribution < 1.29 is 14.7 Å². The van der Waals surface area contributed by atoms with Crippen LogP contribution in [0.5, 0.6) is 0 Å². The summed E-state index contributed by atoms with van der Waals surface area (Å²) in [4.78, 5) is 24.2. The summed E-state index contributed by atoms with van der Waals surface area (Å²) in [6.07, 6.45) is 2.59. The van der Waals surface area contributed by atoms with Crippen LogP contribution in [0.15, 0.2) is 18.2 Å². The van der Waals surface area contributed by atoms with Crippen LogP contribution in [0.4, 0.5) is 5.69 Å². The minimum atomic E-state index is -0.666. The monoisotopic (exact) mass is 304 g/mol. The highest BCUT2D eigenvalue weighted by Crippen LogP contribution is 2.37. The summed E-state index contributed by atoms with van der Waals surface area (Å²) in [5.74, 6) is -1.31. The molecule has 2 atom stereocenters. The minimum Gasteiger partial charge on any atom is -0.396 e. The van der Waals surface area contributed by atoms with Crippen LogP contribution in [-0.4, -0.2) is 29.6 Å². The molecule has 3 N–H and O–H groups in total. The van der Waals surface area contributed by atoms with Crippen LogP contribution in [0.3, 0.4) is 0 Å². The maximum Gasteiger partial charge on any atom is 0.313 e. The van der Waals surface area contributed by atoms with Crippen LogP contribution in [-0.2, 0) is 9.59 Å². The van der Waals surface area contributed by atoms with Gasteiger partial charge in [0.15, 0.2) is 0 Å². The lowest BCUT2D eigenvalue weighted by atomic mass is 9.86. The molecule has 22 heavy (non-hydrogen) atoms. The Bertz CT molecular complexity index is 585. The molecule has 1 fully saturated rings. The van der Waals surface area contributed by atoms with Gasteiger partial charge in [0.05, 0.1) is 6.61 Å². The zero-order valence-corrected chi connectivity index (χ0v) is 13.4. The van der Waals surface area contributed by atoms with E-state index in [2.05, 4.69) is 10.6 Å². The number of aryl methyl sites for hydroxylation is 2. The number of benzene rings is 1. The van der Waals surface area contributed by atoms with Crippen molar-refractivity contribution in [2.75, 3.05) is 11.9 Å². The topological polar surface area (TPSA) is 78.4 Å². The first-order valence-corrected chi connectivity index (χ1v) is 7.66. The second-order valence-corrected chi connectivity index (χ2v) is 6.50. The third kappa shape index (κ3) is 3.47. The summed E-state index contributed by atoms with van der Waals surface area (Å²) < 4.78 is 0. The smallest absolute Gasteiger partial charge is 0.313 e. The molecule has 0 aromatic heterocycles. The van der Waals surface area contributed by atoms with E-state index >= 15 is 0 Å². The van der Waals surface area contributed by atoms with Crippen molar-refractivity contribution in [3.05, 3.63) is 29.3 Å². The third-order valence-corrected chi connectivity index (χ3v) is 4.60. The van der Waals surface area contributed by atoms with E-state index in [1.165, 1.54) is 0 Å². The Kier molecular flexibility index (Phi) is 4.86. The standard InChI is InChI=1S/C17H24N2O3/c1-11-6-7-12(2)13(9-11)18-15(21)16(22)19-14-5-4-8-17(14,3)10-20/h6-7,9,14,20H,4-5,8,10H2,1-3H3,(H,18,21)(H,19,22). The molecule has 1 aromatic carbocycles. The van der Waals surface area contributed by atoms with E-state index in [1.54, 1.807) is 0 Å². The second kappa shape index (κ2) is 6.48. The molecular formula is C17H24N2O3. The molecule has 0 aliphatic heterocycles. The largest absolute Gasteiger partial charge is 0.396 e. The molecule has 0 spiro atoms. The molecule has 1 aromatic rings. The lowest BCUT2D eigenvalue weighted by Crippen LogP contribution is -2.48. The lowest BCUT2D eigenvalue weighted by Gasteiger charge is -2.29. The normalized spacial score (nSPS) is 24.1. The molecule has 0 radical (unpaired) electrons. The fraction of sp³-hybridized carbons (Fsp3) is 0.529. The van der Waals surface area contributed by atoms with Crippen molar-refractivity contribution in [2.24, 2.45) is 5.41 Å². The van der Waals surface area contributed by atoms with Crippen LogP contribution in [0.1, 0.15) is 37.3 Å². The Morgan fingerprint density at radius 2 is 2.05 bits per heavy atom. The van der Waals surface area contributed by atoms with Gasteiger partial charge in [0.25, 0.3) is 0 Å². The number of aliphatic hydroxyl groups is 1. The quantitative estimate of drug-likeness (QED) is 0.746. The fourth-order valence-corrected chi connectivity index (χ4v) is 2.94. The number of carbonyl (C=O) groups excluding carboxylic acids is 2. The van der Waals surface area contributed by atoms with Gasteiger partial charge in [0.2, 0.25) is 0 Å². The van der Waals surface area contributed by atoms with E-state index in [-0.39, 0.29) is 18.1 Å². The first-order valence-electron chi connectivity index (χ1n) is 7.66. The first kappa shape index (κ1) is 16.5. The number of anilines is 1. The fourth-order valence-electron chi connectivity index (χ4n) is 2.94. The highest BCUT2D eigenvalue weighted by Gasteiger charge is 2.39. The average molecular weight is 304 g/mol. The van der Waals surface area contributed by atoms with Gasteiger partial charge < -0.3 is 15.7 Å². The molecule has 0 saturated heterocycles. The van der Waals surface area contributed by atoms with Crippen LogP contribution < -0.4 is 10.6 Å². The molecule has 2 rings (SSSR count). The van der Waals surface area contributed by atoms with Crippen molar-refractivity contribution in [3.8, 4) is 0 Å². The van der Waals surface area contributed by atoms with E-state index in [0.717, 1.165) is 30.4 Å². The van der Waals surface area contributed by atoms with Crippen molar-refractivity contribution >= 4 is 17.5 Å². The zero-order chi connectivity index (χ0) is 16.3. The van der Waals surface area contributed by atoms with Crippen molar-refractivity contribution in [1.29, 1.82) is 0 Å². The number of rotatable bonds is 3. The lowest BCUT2D eigenvalue weighted by molar-refractivity contribution is -0.137. The molecular weight excluding hydrogens is 280 g/mol. The number of carbonyl (C=O) groups is 2. The molecule has 0 bridgehead atoms. The van der Waals surface area contributed by atoms with Crippen LogP contribution in [0.2, 0.25) is 0 Å². The predicted molar refractivity (Wildman–Crippen MR) is 85.5 cm³/mol. The molecule has 2 unspecified atom stereocenters. The second-order valence-electron chi connectivity index (χ2n) is 6.50. The predicted octanol–water partition coefficient (Wildman–Crippen LogP) is 1.91. The van der Waals surface area contributed by atoms with Crippen LogP contribution in [0.25, 0.3) is 0 Å². The van der Waals surface area contributed by atoms with Gasteiger partial charge in [-0.05, 0) is 43.9 Å². The summed E-state index contributed by atoms with van der Waals surface area (Å²) in [5, 5.41) is 14.9. The molecule has 5 nitrogen and oxygen atoms in total. The van der Waals surface area contributed by atoms with Gasteiger partial charge >= 0.3 is 11.8 Å². The van der Waals surface area contributed by atoms with Crippen LogP contribution >= 0.6 is 0 Å². The summed E-state index contributed by atoms with van der Waals surface area (Å²) in [6, 6.07) is 5.54. The molecule has 1 aliphatic rings. The van der Waals surface area contributed by atoms with Crippen molar-refractivity contribution in [1.82, 2.24) is 5.32 Å². The highest BCUT2D eigenvalue weighted by molar-refractivity contribution is 6.39. The summed E-state index contributed by atoms with van der Waals surface area (Å²) >= 11 is 0. The maximum absolute atomic E-state index is 12.1. The molecule has 1 saturated carbocycles. The Morgan fingerprint density at radius 1 is 1.32 bits per heavy atom. The Morgan fingerprint density at radius 3 is 2.73 bits per heavy atom. The van der Waals surface area contributed by atoms with Gasteiger partial charge in [0.1, 0.15) is 0 Å². The van der Waals surface area contributed by atoms with Gasteiger partial charge in [-0.2, -0.15) is 0 Å². The van der Waals surface area contributed by atoms with E-state index in [9.17, 15) is 14.7 Å². The van der Waals surface area contributed by atoms with E-state index in [0.29, 0.717) is 5.69 Å². The Labute approximate surface area is 131 Å². The number of amides is 2. The van der Waals surface area contributed by atoms with E-state index < -0.39 is 11.8 Å². The van der Waals surface area contributed by atoms with Crippen LogP contribution in [0, 0.1) is 19.3 Å². The van der Waals surface area contributed by atoms with E-state index in [4.69, 9.17) is 0 Å². The average Bonchev–Trinajstić information content (AvgIpc) is 2.84. The maximum atomic E-state index is 12.1. The van der Waals surface area contributed by atoms with Gasteiger partial charge in [-0.15, -0.1) is 0 Å². The third-order valence-electron chi connectivity index (χ3n) is 4.60. The van der Waals surface area contributed by atoms with Crippen molar-refractivity contribution in [3.63, 3.8) is 0 Å². The van der Waals surface area contributed by atoms with Gasteiger partial charge in [-0.1, -0.05) is 25.5 Å². The summed E-state index contributed by atoms with van der Waals surface area (Å²) in [5.41, 5.74) is 2.24. The Hall–Kier alpha value is -1.88. The molecule has 0 heterocycles. The summed E-state index contributed by atoms with van der Waals surface area (Å²) in [7, 11) is 0. The Balaban J connectivity index is 2.01. The van der Waals surface area contributed by atoms with Gasteiger partial charge in [-0.25, -0.2) is 0 Å². The number of hydrogen-bond acceptors (Lipinski definition) is 3. The molecule has 5 heteroatoms. The number of nitrogens with one attached hydrogen (secondary N) is 2. The molecule has 1 aliphatic carbocycles. The van der Waals surface area contributed by atoms with Crippen molar-refractivity contribution in [2.45, 2.75) is 46.1 Å². The minimum absolute atomic E-state index is 0.0105. The number of hydrogen-bond donors (Lipinski definition) is 3. The zero-order valence-electron chi connectivity index (χ0n) is 13.4. The van der Waals surface area contributed by atoms with Gasteiger partial charge in [0, 0.05) is 17.1 Å². The SMILES string of the molecule is Cc1ccc(C)c(NC(=O)C(=O)NC2CCCC2(C)CO)c1. The highest BCUT2D eigenvalue weighted by atomic mass is 16.3. The molecule has 2 amide bonds. The van der Waals surface area contributed by atoms with Gasteiger partial charge in [-0.3, -0.25) is 9.59 Å². The summed E-state index contributed by atoms with van der Waals surface area (Å²) in [6.45, 7) is 5.76. The molecule has 120 valence electrons.